The Balaban J connectivity index is 1.40. The molecule has 0 spiro atoms. The maximum atomic E-state index is 12.9. The van der Waals surface area contributed by atoms with Crippen LogP contribution in [0.4, 0.5) is 0 Å². The fourth-order valence-electron chi connectivity index (χ4n) is 4.42. The van der Waals surface area contributed by atoms with E-state index < -0.39 is 28.5 Å². The van der Waals surface area contributed by atoms with E-state index in [-0.39, 0.29) is 21.5 Å². The Labute approximate surface area is 199 Å². The summed E-state index contributed by atoms with van der Waals surface area (Å²) in [6, 6.07) is 11.8. The first kappa shape index (κ1) is 23.7. The molecule has 0 radical (unpaired) electrons. The number of aryl methyl sites for hydroxylation is 1. The van der Waals surface area contributed by atoms with Gasteiger partial charge in [-0.2, -0.15) is 4.31 Å². The summed E-state index contributed by atoms with van der Waals surface area (Å²) in [5.41, 5.74) is 2.22. The van der Waals surface area contributed by atoms with E-state index in [0.29, 0.717) is 13.1 Å². The lowest BCUT2D eigenvalue weighted by Crippen LogP contribution is -2.35. The molecule has 33 heavy (non-hydrogen) atoms. The van der Waals surface area contributed by atoms with Gasteiger partial charge in [-0.25, -0.2) is 13.2 Å². The third-order valence-corrected chi connectivity index (χ3v) is 8.37. The van der Waals surface area contributed by atoms with Gasteiger partial charge in [0.2, 0.25) is 10.0 Å². The lowest BCUT2D eigenvalue weighted by atomic mass is 9.88. The summed E-state index contributed by atoms with van der Waals surface area (Å²) in [5.74, 6) is -1.26. The largest absolute Gasteiger partial charge is 0.452 e. The van der Waals surface area contributed by atoms with Crippen LogP contribution in [-0.2, 0) is 26.0 Å². The van der Waals surface area contributed by atoms with Gasteiger partial charge in [0.1, 0.15) is 0 Å². The number of nitrogens with zero attached hydrogens (tertiary/aromatic N) is 1. The molecule has 9 heteroatoms. The quantitative estimate of drug-likeness (QED) is 0.620. The first-order valence-corrected chi connectivity index (χ1v) is 13.0. The number of ether oxygens (including phenoxy) is 1. The molecule has 0 saturated carbocycles. The summed E-state index contributed by atoms with van der Waals surface area (Å²) in [7, 11) is -3.73. The van der Waals surface area contributed by atoms with Crippen molar-refractivity contribution in [3.05, 3.63) is 64.2 Å². The number of nitrogens with one attached hydrogen (secondary N) is 1. The molecule has 1 aliphatic carbocycles. The number of esters is 1. The lowest BCUT2D eigenvalue weighted by molar-refractivity contribution is -0.125. The predicted octanol–water partition coefficient (Wildman–Crippen LogP) is 3.87. The summed E-state index contributed by atoms with van der Waals surface area (Å²) in [6.45, 7) is 0.432. The smallest absolute Gasteiger partial charge is 0.340 e. The van der Waals surface area contributed by atoms with Crippen LogP contribution < -0.4 is 5.32 Å². The Hall–Kier alpha value is -2.42. The third-order valence-electron chi connectivity index (χ3n) is 6.15. The molecule has 7 nitrogen and oxygen atoms in total. The van der Waals surface area contributed by atoms with Crippen LogP contribution in [0.25, 0.3) is 0 Å². The molecule has 0 bridgehead atoms. The van der Waals surface area contributed by atoms with Crippen molar-refractivity contribution >= 4 is 33.5 Å². The number of rotatable bonds is 6. The highest BCUT2D eigenvalue weighted by molar-refractivity contribution is 7.89. The Kier molecular flexibility index (Phi) is 7.36. The van der Waals surface area contributed by atoms with Crippen molar-refractivity contribution < 1.29 is 22.7 Å². The van der Waals surface area contributed by atoms with E-state index in [1.54, 1.807) is 0 Å². The highest BCUT2D eigenvalue weighted by atomic mass is 35.5. The van der Waals surface area contributed by atoms with Crippen LogP contribution in [-0.4, -0.2) is 44.3 Å². The Bertz CT molecular complexity index is 1150. The number of carbonyl (C=O) groups is 2. The summed E-state index contributed by atoms with van der Waals surface area (Å²) in [5, 5.41) is 2.99. The molecule has 1 aliphatic heterocycles. The minimum atomic E-state index is -3.73. The fraction of sp³-hybridized carbons (Fsp3) is 0.417. The summed E-state index contributed by atoms with van der Waals surface area (Å²) >= 11 is 6.14. The van der Waals surface area contributed by atoms with Gasteiger partial charge in [0.05, 0.1) is 21.5 Å². The third kappa shape index (κ3) is 5.39. The van der Waals surface area contributed by atoms with Gasteiger partial charge >= 0.3 is 5.97 Å². The number of hydrogen-bond donors (Lipinski definition) is 1. The second-order valence-corrected chi connectivity index (χ2v) is 10.7. The number of benzene rings is 2. The fourth-order valence-corrected chi connectivity index (χ4v) is 6.16. The highest BCUT2D eigenvalue weighted by Gasteiger charge is 2.28. The molecular weight excluding hydrogens is 464 g/mol. The minimum Gasteiger partial charge on any atom is -0.452 e. The number of piperidine rings is 1. The van der Waals surface area contributed by atoms with Crippen molar-refractivity contribution in [1.29, 1.82) is 0 Å². The molecule has 4 rings (SSSR count). The SMILES string of the molecule is O=C(COC(=O)c1cc(S(=O)(=O)N2CCCCC2)ccc1Cl)N[C@@H]1CCCc2ccccc21. The zero-order valence-electron chi connectivity index (χ0n) is 18.3. The van der Waals surface area contributed by atoms with E-state index >= 15 is 0 Å². The van der Waals surface area contributed by atoms with Crippen molar-refractivity contribution in [3.63, 3.8) is 0 Å². The lowest BCUT2D eigenvalue weighted by Gasteiger charge is -2.26. The Morgan fingerprint density at radius 2 is 1.82 bits per heavy atom. The highest BCUT2D eigenvalue weighted by Crippen LogP contribution is 2.29. The van der Waals surface area contributed by atoms with E-state index in [9.17, 15) is 18.0 Å². The molecule has 1 fully saturated rings. The van der Waals surface area contributed by atoms with Gasteiger partial charge in [-0.1, -0.05) is 42.3 Å². The van der Waals surface area contributed by atoms with Gasteiger partial charge < -0.3 is 10.1 Å². The van der Waals surface area contributed by atoms with Crippen molar-refractivity contribution in [3.8, 4) is 0 Å². The normalized spacial score (nSPS) is 18.9. The topological polar surface area (TPSA) is 92.8 Å². The molecule has 2 aromatic rings. The average molecular weight is 491 g/mol. The van der Waals surface area contributed by atoms with Crippen LogP contribution in [0.15, 0.2) is 47.4 Å². The van der Waals surface area contributed by atoms with E-state index in [2.05, 4.69) is 11.4 Å². The first-order valence-electron chi connectivity index (χ1n) is 11.2. The van der Waals surface area contributed by atoms with Gasteiger partial charge in [-0.05, 0) is 61.4 Å². The summed E-state index contributed by atoms with van der Waals surface area (Å²) in [4.78, 5) is 25.1. The Morgan fingerprint density at radius 3 is 2.61 bits per heavy atom. The van der Waals surface area contributed by atoms with Gasteiger partial charge in [-0.15, -0.1) is 0 Å². The number of hydrogen-bond acceptors (Lipinski definition) is 5. The van der Waals surface area contributed by atoms with Gasteiger partial charge in [0.15, 0.2) is 6.61 Å². The summed E-state index contributed by atoms with van der Waals surface area (Å²) < 4.78 is 32.4. The summed E-state index contributed by atoms with van der Waals surface area (Å²) in [6.07, 6.45) is 5.38. The van der Waals surface area contributed by atoms with Crippen molar-refractivity contribution in [2.24, 2.45) is 0 Å². The van der Waals surface area contributed by atoms with Crippen molar-refractivity contribution in [2.45, 2.75) is 49.5 Å². The zero-order chi connectivity index (χ0) is 23.4. The maximum Gasteiger partial charge on any atom is 0.340 e. The van der Waals surface area contributed by atoms with Crippen LogP contribution in [0.2, 0.25) is 5.02 Å². The van der Waals surface area contributed by atoms with Gasteiger partial charge in [-0.3, -0.25) is 4.79 Å². The van der Waals surface area contributed by atoms with E-state index in [4.69, 9.17) is 16.3 Å². The molecule has 1 saturated heterocycles. The molecule has 1 atom stereocenters. The van der Waals surface area contributed by atoms with Crippen LogP contribution >= 0.6 is 11.6 Å². The molecular formula is C24H27ClN2O5S. The molecule has 2 aliphatic rings. The molecule has 0 aromatic heterocycles. The van der Waals surface area contributed by atoms with Gasteiger partial charge in [0, 0.05) is 13.1 Å². The second-order valence-electron chi connectivity index (χ2n) is 8.39. The molecule has 0 unspecified atom stereocenters. The standard InChI is InChI=1S/C24H27ClN2O5S/c25-21-12-11-18(33(30,31)27-13-4-1-5-14-27)15-20(21)24(29)32-16-23(28)26-22-10-6-8-17-7-2-3-9-19(17)22/h2-3,7,9,11-12,15,22H,1,4-6,8,10,13-14,16H2,(H,26,28)/t22-/m1/s1. The monoisotopic (exact) mass is 490 g/mol. The number of amides is 1. The molecule has 176 valence electrons. The van der Waals surface area contributed by atoms with E-state index in [1.165, 1.54) is 28.1 Å². The van der Waals surface area contributed by atoms with Crippen molar-refractivity contribution in [1.82, 2.24) is 9.62 Å². The molecule has 1 N–H and O–H groups in total. The Morgan fingerprint density at radius 1 is 1.06 bits per heavy atom. The van der Waals surface area contributed by atoms with Crippen molar-refractivity contribution in [2.75, 3.05) is 19.7 Å². The average Bonchev–Trinajstić information content (AvgIpc) is 2.83. The van der Waals surface area contributed by atoms with E-state index in [1.807, 2.05) is 18.2 Å². The first-order chi connectivity index (χ1) is 15.9. The zero-order valence-corrected chi connectivity index (χ0v) is 19.8. The number of carbonyl (C=O) groups excluding carboxylic acids is 2. The van der Waals surface area contributed by atoms with Crippen LogP contribution in [0, 0.1) is 0 Å². The van der Waals surface area contributed by atoms with E-state index in [0.717, 1.165) is 44.1 Å². The number of halogens is 1. The molecule has 2 aromatic carbocycles. The molecule has 1 amide bonds. The molecule has 1 heterocycles. The van der Waals surface area contributed by atoms with Crippen LogP contribution in [0.5, 0.6) is 0 Å². The van der Waals surface area contributed by atoms with Crippen LogP contribution in [0.1, 0.15) is 59.6 Å². The second kappa shape index (κ2) is 10.2. The van der Waals surface area contributed by atoms with Crippen LogP contribution in [0.3, 0.4) is 0 Å². The maximum absolute atomic E-state index is 12.9. The predicted molar refractivity (Wildman–Crippen MR) is 125 cm³/mol. The number of fused-ring (bicyclic) bond motifs is 1. The minimum absolute atomic E-state index is 0.0102. The van der Waals surface area contributed by atoms with Gasteiger partial charge in [0.25, 0.3) is 5.91 Å². The number of sulfonamides is 1.